The van der Waals surface area contributed by atoms with Gasteiger partial charge in [-0.05, 0) is 45.1 Å². The highest BCUT2D eigenvalue weighted by molar-refractivity contribution is 14.0. The zero-order valence-corrected chi connectivity index (χ0v) is 19.4. The van der Waals surface area contributed by atoms with Crippen molar-refractivity contribution in [2.24, 2.45) is 4.99 Å². The van der Waals surface area contributed by atoms with Crippen molar-refractivity contribution < 1.29 is 9.90 Å². The molecule has 0 bridgehead atoms. The SMILES string of the molecule is CCNC(=NCCC(O)c1ccccc1)NCCC(=O)N1CCCCC1C.I. The van der Waals surface area contributed by atoms with Crippen LogP contribution >= 0.6 is 24.0 Å². The number of aliphatic hydroxyl groups is 1. The lowest BCUT2D eigenvalue weighted by molar-refractivity contribution is -0.134. The molecule has 1 saturated heterocycles. The number of rotatable bonds is 8. The molecule has 3 N–H and O–H groups in total. The predicted octanol–water partition coefficient (Wildman–Crippen LogP) is 3.07. The number of nitrogens with zero attached hydrogens (tertiary/aromatic N) is 2. The first-order valence-corrected chi connectivity index (χ1v) is 10.2. The summed E-state index contributed by atoms with van der Waals surface area (Å²) in [4.78, 5) is 18.9. The van der Waals surface area contributed by atoms with Crippen LogP contribution in [0.1, 0.15) is 57.6 Å². The van der Waals surface area contributed by atoms with E-state index in [0.29, 0.717) is 37.9 Å². The highest BCUT2D eigenvalue weighted by Gasteiger charge is 2.22. The number of guanidine groups is 1. The van der Waals surface area contributed by atoms with Crippen LogP contribution in [0.15, 0.2) is 35.3 Å². The normalized spacial score (nSPS) is 18.2. The van der Waals surface area contributed by atoms with Crippen LogP contribution in [-0.2, 0) is 4.79 Å². The Labute approximate surface area is 186 Å². The van der Waals surface area contributed by atoms with Crippen molar-refractivity contribution in [3.8, 4) is 0 Å². The number of benzene rings is 1. The first kappa shape index (κ1) is 24.7. The maximum atomic E-state index is 12.4. The Morgan fingerprint density at radius 3 is 2.71 bits per heavy atom. The lowest BCUT2D eigenvalue weighted by atomic mass is 10.0. The zero-order chi connectivity index (χ0) is 19.5. The van der Waals surface area contributed by atoms with Crippen LogP contribution in [0, 0.1) is 0 Å². The lowest BCUT2D eigenvalue weighted by Crippen LogP contribution is -2.44. The number of aliphatic imine (C=N–C) groups is 1. The van der Waals surface area contributed by atoms with Crippen molar-refractivity contribution in [1.29, 1.82) is 0 Å². The molecule has 1 heterocycles. The van der Waals surface area contributed by atoms with Crippen LogP contribution < -0.4 is 10.6 Å². The monoisotopic (exact) mass is 502 g/mol. The molecule has 1 aromatic carbocycles. The number of piperidine rings is 1. The molecule has 1 aromatic rings. The van der Waals surface area contributed by atoms with Crippen LogP contribution in [-0.4, -0.2) is 54.1 Å². The third-order valence-electron chi connectivity index (χ3n) is 4.96. The Bertz CT molecular complexity index is 597. The second kappa shape index (κ2) is 13.8. The molecule has 0 aliphatic carbocycles. The van der Waals surface area contributed by atoms with Gasteiger partial charge < -0.3 is 20.6 Å². The molecular weight excluding hydrogens is 467 g/mol. The third-order valence-corrected chi connectivity index (χ3v) is 4.96. The van der Waals surface area contributed by atoms with Gasteiger partial charge in [0.1, 0.15) is 0 Å². The molecule has 6 nitrogen and oxygen atoms in total. The maximum Gasteiger partial charge on any atom is 0.224 e. The van der Waals surface area contributed by atoms with Crippen LogP contribution in [0.2, 0.25) is 0 Å². The summed E-state index contributed by atoms with van der Waals surface area (Å²) in [5.41, 5.74) is 0.909. The molecule has 0 saturated carbocycles. The maximum absolute atomic E-state index is 12.4. The quantitative estimate of drug-likeness (QED) is 0.290. The Hall–Kier alpha value is -1.35. The van der Waals surface area contributed by atoms with E-state index in [0.717, 1.165) is 31.5 Å². The van der Waals surface area contributed by atoms with Gasteiger partial charge in [-0.3, -0.25) is 9.79 Å². The molecule has 7 heteroatoms. The van der Waals surface area contributed by atoms with Crippen LogP contribution in [0.25, 0.3) is 0 Å². The van der Waals surface area contributed by atoms with E-state index in [1.165, 1.54) is 6.42 Å². The fraction of sp³-hybridized carbons (Fsp3) is 0.619. The van der Waals surface area contributed by atoms with E-state index in [4.69, 9.17) is 0 Å². The van der Waals surface area contributed by atoms with Gasteiger partial charge >= 0.3 is 0 Å². The van der Waals surface area contributed by atoms with Crippen LogP contribution in [0.4, 0.5) is 0 Å². The average molecular weight is 502 g/mol. The topological polar surface area (TPSA) is 77.0 Å². The Morgan fingerprint density at radius 1 is 1.29 bits per heavy atom. The number of likely N-dealkylation sites (tertiary alicyclic amines) is 1. The van der Waals surface area contributed by atoms with Crippen molar-refractivity contribution in [3.63, 3.8) is 0 Å². The third kappa shape index (κ3) is 8.34. The fourth-order valence-corrected chi connectivity index (χ4v) is 3.38. The van der Waals surface area contributed by atoms with E-state index in [1.807, 2.05) is 42.2 Å². The number of halogens is 1. The summed E-state index contributed by atoms with van der Waals surface area (Å²) < 4.78 is 0. The number of hydrogen-bond donors (Lipinski definition) is 3. The summed E-state index contributed by atoms with van der Waals surface area (Å²) in [7, 11) is 0. The summed E-state index contributed by atoms with van der Waals surface area (Å²) in [5, 5.41) is 16.6. The zero-order valence-electron chi connectivity index (χ0n) is 17.1. The second-order valence-corrected chi connectivity index (χ2v) is 7.08. The molecule has 28 heavy (non-hydrogen) atoms. The minimum atomic E-state index is -0.514. The Morgan fingerprint density at radius 2 is 2.04 bits per heavy atom. The molecule has 1 aliphatic rings. The van der Waals surface area contributed by atoms with Gasteiger partial charge in [-0.15, -0.1) is 24.0 Å². The number of carbonyl (C=O) groups excluding carboxylic acids is 1. The molecule has 2 unspecified atom stereocenters. The number of hydrogen-bond acceptors (Lipinski definition) is 3. The van der Waals surface area contributed by atoms with E-state index in [2.05, 4.69) is 22.5 Å². The molecule has 158 valence electrons. The van der Waals surface area contributed by atoms with E-state index in [1.54, 1.807) is 0 Å². The van der Waals surface area contributed by atoms with Crippen molar-refractivity contribution in [2.75, 3.05) is 26.2 Å². The minimum Gasteiger partial charge on any atom is -0.388 e. The number of carbonyl (C=O) groups is 1. The molecular formula is C21H35IN4O2. The Kier molecular flexibility index (Phi) is 12.1. The first-order chi connectivity index (χ1) is 13.1. The summed E-state index contributed by atoms with van der Waals surface area (Å²) >= 11 is 0. The largest absolute Gasteiger partial charge is 0.388 e. The summed E-state index contributed by atoms with van der Waals surface area (Å²) in [5.74, 6) is 0.905. The molecule has 2 atom stereocenters. The number of aliphatic hydroxyl groups excluding tert-OH is 1. The molecule has 1 aliphatic heterocycles. The van der Waals surface area contributed by atoms with Crippen LogP contribution in [0.5, 0.6) is 0 Å². The van der Waals surface area contributed by atoms with Gasteiger partial charge in [-0.2, -0.15) is 0 Å². The summed E-state index contributed by atoms with van der Waals surface area (Å²) in [6, 6.07) is 9.98. The fourth-order valence-electron chi connectivity index (χ4n) is 3.38. The standard InChI is InChI=1S/C21H34N4O2.HI/c1-3-22-21(23-14-12-19(26)18-10-5-4-6-11-18)24-15-13-20(27)25-16-8-7-9-17(25)2;/h4-6,10-11,17,19,26H,3,7-9,12-16H2,1-2H3,(H2,22,23,24);1H. The predicted molar refractivity (Wildman–Crippen MR) is 125 cm³/mol. The first-order valence-electron chi connectivity index (χ1n) is 10.2. The Balaban J connectivity index is 0.00000392. The van der Waals surface area contributed by atoms with Crippen molar-refractivity contribution in [2.45, 2.75) is 58.1 Å². The van der Waals surface area contributed by atoms with Gasteiger partial charge in [0, 0.05) is 38.6 Å². The molecule has 0 radical (unpaired) electrons. The molecule has 0 spiro atoms. The minimum absolute atomic E-state index is 0. The van der Waals surface area contributed by atoms with E-state index >= 15 is 0 Å². The summed E-state index contributed by atoms with van der Waals surface area (Å²) in [6.45, 7) is 6.86. The van der Waals surface area contributed by atoms with E-state index in [9.17, 15) is 9.90 Å². The number of nitrogens with one attached hydrogen (secondary N) is 2. The second-order valence-electron chi connectivity index (χ2n) is 7.08. The van der Waals surface area contributed by atoms with Crippen molar-refractivity contribution in [1.82, 2.24) is 15.5 Å². The molecule has 2 rings (SSSR count). The van der Waals surface area contributed by atoms with Crippen molar-refractivity contribution >= 4 is 35.8 Å². The van der Waals surface area contributed by atoms with Gasteiger partial charge in [0.2, 0.25) is 5.91 Å². The van der Waals surface area contributed by atoms with Gasteiger partial charge in [0.05, 0.1) is 6.10 Å². The van der Waals surface area contributed by atoms with Gasteiger partial charge in [0.15, 0.2) is 5.96 Å². The average Bonchev–Trinajstić information content (AvgIpc) is 2.68. The van der Waals surface area contributed by atoms with Crippen LogP contribution in [0.3, 0.4) is 0 Å². The lowest BCUT2D eigenvalue weighted by Gasteiger charge is -2.33. The summed E-state index contributed by atoms with van der Waals surface area (Å²) in [6.07, 6.45) is 3.95. The molecule has 0 aromatic heterocycles. The highest BCUT2D eigenvalue weighted by atomic mass is 127. The molecule has 1 fully saturated rings. The van der Waals surface area contributed by atoms with E-state index < -0.39 is 6.10 Å². The van der Waals surface area contributed by atoms with E-state index in [-0.39, 0.29) is 29.9 Å². The molecule has 1 amide bonds. The van der Waals surface area contributed by atoms with Gasteiger partial charge in [-0.1, -0.05) is 30.3 Å². The number of amides is 1. The highest BCUT2D eigenvalue weighted by Crippen LogP contribution is 2.17. The smallest absolute Gasteiger partial charge is 0.224 e. The van der Waals surface area contributed by atoms with Crippen molar-refractivity contribution in [3.05, 3.63) is 35.9 Å². The van der Waals surface area contributed by atoms with Gasteiger partial charge in [-0.25, -0.2) is 0 Å². The van der Waals surface area contributed by atoms with Gasteiger partial charge in [0.25, 0.3) is 0 Å².